The number of imidazole rings is 1. The molecule has 0 saturated carbocycles. The highest BCUT2D eigenvalue weighted by Gasteiger charge is 2.16. The number of halogens is 1. The summed E-state index contributed by atoms with van der Waals surface area (Å²) < 4.78 is 0.701. The maximum absolute atomic E-state index is 10.9. The molecule has 6 heteroatoms. The maximum atomic E-state index is 10.9. The molecule has 14 heavy (non-hydrogen) atoms. The zero-order valence-electron chi connectivity index (χ0n) is 6.91. The van der Waals surface area contributed by atoms with E-state index in [1.165, 1.54) is 6.33 Å². The van der Waals surface area contributed by atoms with Crippen molar-refractivity contribution in [3.8, 4) is 0 Å². The number of carboxylic acid groups (broad SMARTS) is 1. The lowest BCUT2D eigenvalue weighted by molar-refractivity contribution is 0.0700. The summed E-state index contributed by atoms with van der Waals surface area (Å²) in [6.45, 7) is 0. The van der Waals surface area contributed by atoms with E-state index in [9.17, 15) is 4.79 Å². The van der Waals surface area contributed by atoms with Gasteiger partial charge in [0.05, 0.1) is 11.8 Å². The number of rotatable bonds is 1. The van der Waals surface area contributed by atoms with E-state index < -0.39 is 5.97 Å². The second-order valence-corrected chi connectivity index (χ2v) is 3.61. The topological polar surface area (TPSA) is 92.0 Å². The monoisotopic (exact) mass is 255 g/mol. The van der Waals surface area contributed by atoms with E-state index in [1.54, 1.807) is 6.07 Å². The molecule has 72 valence electrons. The first-order valence-electron chi connectivity index (χ1n) is 3.75. The fraction of sp³-hybridized carbons (Fsp3) is 0. The molecule has 0 fully saturated rings. The molecule has 1 aromatic heterocycles. The van der Waals surface area contributed by atoms with E-state index >= 15 is 0 Å². The van der Waals surface area contributed by atoms with Gasteiger partial charge in [-0.15, -0.1) is 0 Å². The standard InChI is InChI=1S/C8H6BrN3O2/c9-3-1-4(10)5(8(13)14)7-6(3)11-2-12-7/h1-2H,10H2,(H,11,12)(H,13,14). The fourth-order valence-corrected chi connectivity index (χ4v) is 1.86. The molecule has 0 aliphatic rings. The van der Waals surface area contributed by atoms with E-state index in [0.29, 0.717) is 15.5 Å². The average Bonchev–Trinajstić information content (AvgIpc) is 2.51. The largest absolute Gasteiger partial charge is 0.478 e. The molecule has 4 N–H and O–H groups in total. The predicted octanol–water partition coefficient (Wildman–Crippen LogP) is 1.61. The lowest BCUT2D eigenvalue weighted by Crippen LogP contribution is -2.03. The van der Waals surface area contributed by atoms with Crippen molar-refractivity contribution in [2.75, 3.05) is 5.73 Å². The van der Waals surface area contributed by atoms with Crippen LogP contribution in [0.15, 0.2) is 16.9 Å². The highest BCUT2D eigenvalue weighted by Crippen LogP contribution is 2.28. The molecule has 0 bridgehead atoms. The molecule has 0 aliphatic carbocycles. The van der Waals surface area contributed by atoms with Crippen LogP contribution in [-0.4, -0.2) is 21.0 Å². The van der Waals surface area contributed by atoms with Gasteiger partial charge in [0.1, 0.15) is 11.1 Å². The predicted molar refractivity (Wildman–Crippen MR) is 55.2 cm³/mol. The molecule has 0 amide bonds. The van der Waals surface area contributed by atoms with Gasteiger partial charge in [0.15, 0.2) is 0 Å². The number of carboxylic acids is 1. The van der Waals surface area contributed by atoms with E-state index in [0.717, 1.165) is 0 Å². The number of nitrogens with one attached hydrogen (secondary N) is 1. The van der Waals surface area contributed by atoms with Gasteiger partial charge >= 0.3 is 5.97 Å². The molecule has 1 heterocycles. The molecule has 5 nitrogen and oxygen atoms in total. The van der Waals surface area contributed by atoms with E-state index in [1.807, 2.05) is 0 Å². The molecular weight excluding hydrogens is 250 g/mol. The molecule has 0 spiro atoms. The number of hydrogen-bond acceptors (Lipinski definition) is 3. The van der Waals surface area contributed by atoms with Crippen LogP contribution in [0.3, 0.4) is 0 Å². The Balaban J connectivity index is 2.93. The number of fused-ring (bicyclic) bond motifs is 1. The third kappa shape index (κ3) is 1.15. The number of hydrogen-bond donors (Lipinski definition) is 3. The molecular formula is C8H6BrN3O2. The number of aromatic nitrogens is 2. The number of nitrogens with two attached hydrogens (primary N) is 1. The number of aromatic carboxylic acids is 1. The van der Waals surface area contributed by atoms with Gasteiger partial charge in [0.25, 0.3) is 0 Å². The van der Waals surface area contributed by atoms with Crippen LogP contribution >= 0.6 is 15.9 Å². The van der Waals surface area contributed by atoms with Crippen LogP contribution < -0.4 is 5.73 Å². The molecule has 0 radical (unpaired) electrons. The Kier molecular flexibility index (Phi) is 1.92. The van der Waals surface area contributed by atoms with Crippen molar-refractivity contribution in [3.05, 3.63) is 22.4 Å². The van der Waals surface area contributed by atoms with Crippen LogP contribution in [0.25, 0.3) is 11.0 Å². The molecule has 2 rings (SSSR count). The normalized spacial score (nSPS) is 10.6. The summed E-state index contributed by atoms with van der Waals surface area (Å²) in [5.74, 6) is -1.08. The number of anilines is 1. The zero-order valence-corrected chi connectivity index (χ0v) is 8.50. The van der Waals surface area contributed by atoms with Crippen molar-refractivity contribution in [2.24, 2.45) is 0 Å². The number of nitrogens with zero attached hydrogens (tertiary/aromatic N) is 1. The van der Waals surface area contributed by atoms with E-state index in [-0.39, 0.29) is 11.3 Å². The first kappa shape index (κ1) is 9.01. The molecule has 0 saturated heterocycles. The van der Waals surface area contributed by atoms with Crippen molar-refractivity contribution in [1.82, 2.24) is 9.97 Å². The molecule has 2 aromatic rings. The van der Waals surface area contributed by atoms with Gasteiger partial charge in [-0.05, 0) is 22.0 Å². The number of carbonyl (C=O) groups is 1. The van der Waals surface area contributed by atoms with Crippen LogP contribution in [0, 0.1) is 0 Å². The van der Waals surface area contributed by atoms with Crippen molar-refractivity contribution in [1.29, 1.82) is 0 Å². The summed E-state index contributed by atoms with van der Waals surface area (Å²) in [4.78, 5) is 17.6. The Hall–Kier alpha value is -1.56. The minimum atomic E-state index is -1.08. The summed E-state index contributed by atoms with van der Waals surface area (Å²) in [6.07, 6.45) is 1.43. The van der Waals surface area contributed by atoms with Gasteiger partial charge < -0.3 is 15.8 Å². The number of aromatic amines is 1. The van der Waals surface area contributed by atoms with Crippen molar-refractivity contribution in [2.45, 2.75) is 0 Å². The van der Waals surface area contributed by atoms with Gasteiger partial charge in [0.2, 0.25) is 0 Å². The third-order valence-corrected chi connectivity index (χ3v) is 2.53. The Morgan fingerprint density at radius 2 is 2.36 bits per heavy atom. The van der Waals surface area contributed by atoms with Crippen molar-refractivity contribution < 1.29 is 9.90 Å². The van der Waals surface area contributed by atoms with Crippen LogP contribution in [0.1, 0.15) is 10.4 Å². The van der Waals surface area contributed by atoms with E-state index in [4.69, 9.17) is 10.8 Å². The Labute approximate surface area is 87.1 Å². The minimum Gasteiger partial charge on any atom is -0.478 e. The first-order valence-corrected chi connectivity index (χ1v) is 4.55. The molecule has 0 aliphatic heterocycles. The Morgan fingerprint density at radius 3 is 3.00 bits per heavy atom. The number of benzene rings is 1. The van der Waals surface area contributed by atoms with Crippen molar-refractivity contribution >= 4 is 38.6 Å². The highest BCUT2D eigenvalue weighted by atomic mass is 79.9. The molecule has 0 atom stereocenters. The summed E-state index contributed by atoms with van der Waals surface area (Å²) in [5, 5.41) is 8.92. The highest BCUT2D eigenvalue weighted by molar-refractivity contribution is 9.10. The summed E-state index contributed by atoms with van der Waals surface area (Å²) in [6, 6.07) is 1.55. The molecule has 0 unspecified atom stereocenters. The van der Waals surface area contributed by atoms with Gasteiger partial charge in [-0.1, -0.05) is 0 Å². The van der Waals surface area contributed by atoms with Gasteiger partial charge in [-0.2, -0.15) is 0 Å². The quantitative estimate of drug-likeness (QED) is 0.676. The van der Waals surface area contributed by atoms with Gasteiger partial charge in [0, 0.05) is 10.2 Å². The minimum absolute atomic E-state index is 0.0319. The Morgan fingerprint density at radius 1 is 1.64 bits per heavy atom. The van der Waals surface area contributed by atoms with Crippen LogP contribution in [-0.2, 0) is 0 Å². The van der Waals surface area contributed by atoms with Crippen LogP contribution in [0.5, 0.6) is 0 Å². The first-order chi connectivity index (χ1) is 6.61. The number of H-pyrrole nitrogens is 1. The Bertz CT molecular complexity index is 521. The second kappa shape index (κ2) is 2.98. The average molecular weight is 256 g/mol. The van der Waals surface area contributed by atoms with Crippen LogP contribution in [0.4, 0.5) is 5.69 Å². The second-order valence-electron chi connectivity index (χ2n) is 2.75. The van der Waals surface area contributed by atoms with Crippen LogP contribution in [0.2, 0.25) is 0 Å². The third-order valence-electron chi connectivity index (χ3n) is 1.90. The lowest BCUT2D eigenvalue weighted by Gasteiger charge is -2.02. The zero-order chi connectivity index (χ0) is 10.3. The van der Waals surface area contributed by atoms with E-state index in [2.05, 4.69) is 25.9 Å². The lowest BCUT2D eigenvalue weighted by atomic mass is 10.1. The maximum Gasteiger partial charge on any atom is 0.340 e. The summed E-state index contributed by atoms with van der Waals surface area (Å²) in [7, 11) is 0. The smallest absolute Gasteiger partial charge is 0.340 e. The summed E-state index contributed by atoms with van der Waals surface area (Å²) in [5.41, 5.74) is 6.81. The van der Waals surface area contributed by atoms with Gasteiger partial charge in [-0.3, -0.25) is 0 Å². The number of nitrogen functional groups attached to an aromatic ring is 1. The summed E-state index contributed by atoms with van der Waals surface area (Å²) >= 11 is 3.27. The van der Waals surface area contributed by atoms with Gasteiger partial charge in [-0.25, -0.2) is 9.78 Å². The molecule has 1 aromatic carbocycles. The fourth-order valence-electron chi connectivity index (χ4n) is 1.31. The SMILES string of the molecule is Nc1cc(Br)c2[nH]cnc2c1C(=O)O. The van der Waals surface area contributed by atoms with Crippen molar-refractivity contribution in [3.63, 3.8) is 0 Å².